The van der Waals surface area contributed by atoms with Crippen molar-refractivity contribution in [1.29, 1.82) is 0 Å². The zero-order valence-electron chi connectivity index (χ0n) is 23.9. The topological polar surface area (TPSA) is 35.5 Å². The Morgan fingerprint density at radius 1 is 0.725 bits per heavy atom. The van der Waals surface area contributed by atoms with Gasteiger partial charge in [0, 0.05) is 10.6 Å². The Balaban J connectivity index is 1.80. The summed E-state index contributed by atoms with van der Waals surface area (Å²) >= 11 is 7.05. The van der Waals surface area contributed by atoms with E-state index in [1.54, 1.807) is 0 Å². The second-order valence-corrected chi connectivity index (χ2v) is 18.4. The lowest BCUT2D eigenvalue weighted by molar-refractivity contribution is 0.123. The molecule has 0 bridgehead atoms. The molecule has 210 valence electrons. The molecule has 4 aromatic rings. The van der Waals surface area contributed by atoms with Crippen molar-refractivity contribution < 1.29 is 13.5 Å². The standard InChI is InChI=1S/C34H40ClO3PSi/c1-5-18-32(35)33(38-39(36,28-19-10-6-11-20-28)29-21-12-7-13-22-29)27-37-40(34(2,3)4,30-23-14-8-15-24-30)31-25-16-9-17-26-31/h6-17,19-26,32-33H,5,18,27H2,1-4H3/t32-,33+/m1/s1. The Morgan fingerprint density at radius 3 is 1.50 bits per heavy atom. The average molecular weight is 591 g/mol. The van der Waals surface area contributed by atoms with Crippen molar-refractivity contribution in [3.63, 3.8) is 0 Å². The molecule has 0 radical (unpaired) electrons. The maximum Gasteiger partial charge on any atom is 0.261 e. The van der Waals surface area contributed by atoms with Crippen molar-refractivity contribution in [2.75, 3.05) is 6.61 Å². The predicted molar refractivity (Wildman–Crippen MR) is 173 cm³/mol. The largest absolute Gasteiger partial charge is 0.405 e. The van der Waals surface area contributed by atoms with E-state index in [2.05, 4.69) is 76.2 Å². The molecule has 0 saturated heterocycles. The highest BCUT2D eigenvalue weighted by molar-refractivity contribution is 7.74. The van der Waals surface area contributed by atoms with Gasteiger partial charge in [0.2, 0.25) is 0 Å². The average Bonchev–Trinajstić information content (AvgIpc) is 2.98. The SMILES string of the molecule is CCC[C@@H](Cl)[C@H](CO[Si](c1ccccc1)(c1ccccc1)C(C)(C)C)OP(=O)(c1ccccc1)c1ccccc1. The van der Waals surface area contributed by atoms with Crippen LogP contribution in [-0.2, 0) is 13.5 Å². The fraction of sp³-hybridized carbons (Fsp3) is 0.294. The van der Waals surface area contributed by atoms with Crippen LogP contribution in [0.4, 0.5) is 0 Å². The van der Waals surface area contributed by atoms with Crippen molar-refractivity contribution in [1.82, 2.24) is 0 Å². The van der Waals surface area contributed by atoms with Gasteiger partial charge in [0.15, 0.2) is 0 Å². The lowest BCUT2D eigenvalue weighted by Crippen LogP contribution is -2.67. The lowest BCUT2D eigenvalue weighted by atomic mass is 10.2. The molecule has 2 atom stereocenters. The van der Waals surface area contributed by atoms with Crippen LogP contribution in [0, 0.1) is 0 Å². The van der Waals surface area contributed by atoms with Crippen LogP contribution in [0.5, 0.6) is 0 Å². The second-order valence-electron chi connectivity index (χ2n) is 11.1. The monoisotopic (exact) mass is 590 g/mol. The van der Waals surface area contributed by atoms with Crippen molar-refractivity contribution in [3.05, 3.63) is 121 Å². The molecular weight excluding hydrogens is 551 g/mol. The van der Waals surface area contributed by atoms with Crippen LogP contribution >= 0.6 is 19.0 Å². The predicted octanol–water partition coefficient (Wildman–Crippen LogP) is 7.28. The van der Waals surface area contributed by atoms with Gasteiger partial charge in [-0.2, -0.15) is 0 Å². The highest BCUT2D eigenvalue weighted by atomic mass is 35.5. The fourth-order valence-electron chi connectivity index (χ4n) is 5.34. The summed E-state index contributed by atoms with van der Waals surface area (Å²) in [5, 5.41) is 3.10. The molecule has 0 aliphatic rings. The van der Waals surface area contributed by atoms with Gasteiger partial charge in [-0.05, 0) is 46.1 Å². The van der Waals surface area contributed by atoms with Crippen LogP contribution in [-0.4, -0.2) is 26.4 Å². The highest BCUT2D eigenvalue weighted by Crippen LogP contribution is 2.47. The molecule has 0 amide bonds. The third-order valence-electron chi connectivity index (χ3n) is 7.32. The molecule has 3 nitrogen and oxygen atoms in total. The molecule has 0 N–H and O–H groups in total. The number of rotatable bonds is 12. The van der Waals surface area contributed by atoms with Crippen molar-refractivity contribution in [2.24, 2.45) is 0 Å². The zero-order valence-corrected chi connectivity index (χ0v) is 26.5. The van der Waals surface area contributed by atoms with Gasteiger partial charge in [-0.25, -0.2) is 0 Å². The van der Waals surface area contributed by atoms with Crippen LogP contribution in [0.2, 0.25) is 5.04 Å². The first kappa shape index (κ1) is 30.5. The van der Waals surface area contributed by atoms with Crippen LogP contribution < -0.4 is 21.0 Å². The van der Waals surface area contributed by atoms with E-state index in [0.717, 1.165) is 12.8 Å². The maximum atomic E-state index is 14.9. The summed E-state index contributed by atoms with van der Waals surface area (Å²) in [5.41, 5.74) is 0. The molecule has 4 aromatic carbocycles. The molecule has 0 saturated carbocycles. The highest BCUT2D eigenvalue weighted by Gasteiger charge is 2.51. The molecule has 40 heavy (non-hydrogen) atoms. The first-order valence-corrected chi connectivity index (χ1v) is 18.0. The van der Waals surface area contributed by atoms with E-state index in [0.29, 0.717) is 10.6 Å². The molecule has 0 aromatic heterocycles. The smallest absolute Gasteiger partial charge is 0.261 e. The quantitative estimate of drug-likeness (QED) is 0.0988. The summed E-state index contributed by atoms with van der Waals surface area (Å²) in [6.45, 7) is 9.07. The Hall–Kier alpha value is -2.46. The minimum atomic E-state index is -3.47. The van der Waals surface area contributed by atoms with Gasteiger partial charge >= 0.3 is 0 Å². The van der Waals surface area contributed by atoms with Gasteiger partial charge in [-0.15, -0.1) is 11.6 Å². The Labute approximate surface area is 246 Å². The van der Waals surface area contributed by atoms with Crippen molar-refractivity contribution in [3.8, 4) is 0 Å². The summed E-state index contributed by atoms with van der Waals surface area (Å²) in [5.74, 6) is 0. The molecule has 0 unspecified atom stereocenters. The first-order chi connectivity index (χ1) is 19.2. The van der Waals surface area contributed by atoms with Crippen LogP contribution in [0.25, 0.3) is 0 Å². The van der Waals surface area contributed by atoms with Crippen molar-refractivity contribution >= 4 is 48.3 Å². The van der Waals surface area contributed by atoms with E-state index in [4.69, 9.17) is 20.6 Å². The van der Waals surface area contributed by atoms with Crippen LogP contribution in [0.1, 0.15) is 40.5 Å². The van der Waals surface area contributed by atoms with Crippen LogP contribution in [0.3, 0.4) is 0 Å². The van der Waals surface area contributed by atoms with Gasteiger partial charge in [-0.1, -0.05) is 131 Å². The van der Waals surface area contributed by atoms with E-state index in [1.165, 1.54) is 10.4 Å². The molecule has 0 heterocycles. The summed E-state index contributed by atoms with van der Waals surface area (Å²) in [6, 6.07) is 40.0. The van der Waals surface area contributed by atoms with Gasteiger partial charge in [0.25, 0.3) is 15.7 Å². The summed E-state index contributed by atoms with van der Waals surface area (Å²) in [4.78, 5) is 0. The van der Waals surface area contributed by atoms with E-state index in [9.17, 15) is 4.57 Å². The zero-order chi connectivity index (χ0) is 28.6. The second kappa shape index (κ2) is 13.5. The van der Waals surface area contributed by atoms with Crippen LogP contribution in [0.15, 0.2) is 121 Å². The molecule has 0 spiro atoms. The van der Waals surface area contributed by atoms with Gasteiger partial charge in [0.1, 0.15) is 6.10 Å². The minimum Gasteiger partial charge on any atom is -0.405 e. The number of alkyl halides is 1. The van der Waals surface area contributed by atoms with E-state index < -0.39 is 21.8 Å². The molecular formula is C34H40ClO3PSi. The summed E-state index contributed by atoms with van der Waals surface area (Å²) in [7, 11) is -6.32. The number of halogens is 1. The minimum absolute atomic E-state index is 0.199. The number of hydrogen-bond acceptors (Lipinski definition) is 3. The third kappa shape index (κ3) is 6.54. The van der Waals surface area contributed by atoms with Gasteiger partial charge < -0.3 is 8.95 Å². The van der Waals surface area contributed by atoms with Gasteiger partial charge in [0.05, 0.1) is 12.0 Å². The maximum absolute atomic E-state index is 14.9. The van der Waals surface area contributed by atoms with E-state index in [-0.39, 0.29) is 17.0 Å². The third-order valence-corrected chi connectivity index (χ3v) is 15.4. The van der Waals surface area contributed by atoms with E-state index >= 15 is 0 Å². The summed E-state index contributed by atoms with van der Waals surface area (Å²) in [6.07, 6.45) is 1.02. The Bertz CT molecular complexity index is 1280. The van der Waals surface area contributed by atoms with Crippen molar-refractivity contribution in [2.45, 2.75) is 57.1 Å². The fourth-order valence-corrected chi connectivity index (χ4v) is 12.6. The molecule has 0 fully saturated rings. The Kier molecular flexibility index (Phi) is 10.3. The lowest BCUT2D eigenvalue weighted by Gasteiger charge is -2.44. The Morgan fingerprint density at radius 2 is 1.12 bits per heavy atom. The number of hydrogen-bond donors (Lipinski definition) is 0. The summed E-state index contributed by atoms with van der Waals surface area (Å²) < 4.78 is 28.8. The normalized spacial score (nSPS) is 14.0. The molecule has 4 rings (SSSR count). The first-order valence-electron chi connectivity index (χ1n) is 14.0. The number of benzene rings is 4. The van der Waals surface area contributed by atoms with Gasteiger partial charge in [-0.3, -0.25) is 4.57 Å². The molecule has 0 aliphatic carbocycles. The molecule has 0 aliphatic heterocycles. The van der Waals surface area contributed by atoms with E-state index in [1.807, 2.05) is 72.8 Å². The molecule has 6 heteroatoms.